The van der Waals surface area contributed by atoms with Gasteiger partial charge in [-0.1, -0.05) is 30.3 Å². The minimum Gasteiger partial charge on any atom is -0.406 e. The van der Waals surface area contributed by atoms with Crippen molar-refractivity contribution in [1.29, 1.82) is 0 Å². The number of hydrogen-bond acceptors (Lipinski definition) is 4. The summed E-state index contributed by atoms with van der Waals surface area (Å²) in [5.41, 5.74) is 1.23. The van der Waals surface area contributed by atoms with Crippen molar-refractivity contribution in [3.8, 4) is 5.75 Å². The van der Waals surface area contributed by atoms with Crippen molar-refractivity contribution in [2.75, 3.05) is 31.6 Å². The Balaban J connectivity index is 1.74. The highest BCUT2D eigenvalue weighted by Gasteiger charge is 2.31. The van der Waals surface area contributed by atoms with Gasteiger partial charge in [-0.25, -0.2) is 0 Å². The number of benzene rings is 2. The lowest BCUT2D eigenvalue weighted by Crippen LogP contribution is -2.43. The third kappa shape index (κ3) is 5.45. The number of carbonyl (C=O) groups is 1. The summed E-state index contributed by atoms with van der Waals surface area (Å²) >= 11 is 0. The smallest absolute Gasteiger partial charge is 0.406 e. The maximum atomic E-state index is 12.9. The molecule has 0 radical (unpaired) electrons. The average molecular weight is 380 g/mol. The molecule has 5 nitrogen and oxygen atoms in total. The van der Waals surface area contributed by atoms with Crippen molar-refractivity contribution in [3.63, 3.8) is 0 Å². The second kappa shape index (κ2) is 8.41. The molecule has 3 rings (SSSR count). The van der Waals surface area contributed by atoms with Crippen molar-refractivity contribution >= 4 is 11.6 Å². The molecule has 0 aromatic heterocycles. The lowest BCUT2D eigenvalue weighted by atomic mass is 10.0. The molecule has 0 saturated carbocycles. The minimum absolute atomic E-state index is 0.257. The van der Waals surface area contributed by atoms with E-state index in [4.69, 9.17) is 4.74 Å². The fourth-order valence-electron chi connectivity index (χ4n) is 2.95. The van der Waals surface area contributed by atoms with Gasteiger partial charge in [0.15, 0.2) is 0 Å². The molecule has 1 amide bonds. The van der Waals surface area contributed by atoms with Gasteiger partial charge in [0.25, 0.3) is 0 Å². The lowest BCUT2D eigenvalue weighted by Gasteiger charge is -2.33. The van der Waals surface area contributed by atoms with Gasteiger partial charge in [0.05, 0.1) is 13.2 Å². The fraction of sp³-hybridized carbons (Fsp3) is 0.316. The van der Waals surface area contributed by atoms with Crippen molar-refractivity contribution < 1.29 is 27.4 Å². The first kappa shape index (κ1) is 19.2. The minimum atomic E-state index is -4.75. The molecule has 8 heteroatoms. The second-order valence-corrected chi connectivity index (χ2v) is 6.02. The van der Waals surface area contributed by atoms with Gasteiger partial charge in [-0.2, -0.15) is 0 Å². The van der Waals surface area contributed by atoms with Crippen LogP contribution in [-0.2, 0) is 9.53 Å². The van der Waals surface area contributed by atoms with Crippen molar-refractivity contribution in [2.45, 2.75) is 12.4 Å². The monoisotopic (exact) mass is 380 g/mol. The van der Waals surface area contributed by atoms with Crippen molar-refractivity contribution in [2.24, 2.45) is 0 Å². The number of nitrogens with one attached hydrogen (secondary N) is 1. The quantitative estimate of drug-likeness (QED) is 0.861. The van der Waals surface area contributed by atoms with Crippen LogP contribution in [0, 0.1) is 0 Å². The summed E-state index contributed by atoms with van der Waals surface area (Å²) in [4.78, 5) is 14.9. The lowest BCUT2D eigenvalue weighted by molar-refractivity contribution is -0.274. The Morgan fingerprint density at radius 2 is 1.67 bits per heavy atom. The number of hydrogen-bond donors (Lipinski definition) is 1. The van der Waals surface area contributed by atoms with E-state index in [1.807, 2.05) is 35.2 Å². The van der Waals surface area contributed by atoms with Gasteiger partial charge in [0, 0.05) is 18.8 Å². The Morgan fingerprint density at radius 3 is 2.26 bits per heavy atom. The van der Waals surface area contributed by atoms with E-state index in [9.17, 15) is 18.0 Å². The topological polar surface area (TPSA) is 50.8 Å². The molecule has 2 aromatic carbocycles. The first-order valence-corrected chi connectivity index (χ1v) is 8.46. The molecule has 0 spiro atoms. The normalized spacial score (nSPS) is 16.6. The highest BCUT2D eigenvalue weighted by Crippen LogP contribution is 2.26. The summed E-state index contributed by atoms with van der Waals surface area (Å²) in [6, 6.07) is 13.9. The largest absolute Gasteiger partial charge is 0.573 e. The molecule has 1 aliphatic heterocycles. The van der Waals surface area contributed by atoms with Crippen LogP contribution in [-0.4, -0.2) is 43.5 Å². The maximum Gasteiger partial charge on any atom is 0.573 e. The predicted octanol–water partition coefficient (Wildman–Crippen LogP) is 3.60. The Hall–Kier alpha value is -2.58. The van der Waals surface area contributed by atoms with Gasteiger partial charge in [0.1, 0.15) is 11.8 Å². The first-order valence-electron chi connectivity index (χ1n) is 8.46. The third-order valence-electron chi connectivity index (χ3n) is 4.13. The van der Waals surface area contributed by atoms with Crippen LogP contribution in [0.15, 0.2) is 54.6 Å². The van der Waals surface area contributed by atoms with Gasteiger partial charge in [0.2, 0.25) is 5.91 Å². The van der Waals surface area contributed by atoms with Gasteiger partial charge in [-0.05, 0) is 29.8 Å². The molecular formula is C19H19F3N2O3. The predicted molar refractivity (Wildman–Crippen MR) is 93.3 cm³/mol. The molecule has 0 bridgehead atoms. The summed E-state index contributed by atoms with van der Waals surface area (Å²) in [5.74, 6) is -0.596. The standard InChI is InChI=1S/C19H19F3N2O3/c20-19(21,22)27-16-8-6-15(7-9-16)23-18(25)17(14-4-2-1-3-5-14)24-10-12-26-13-11-24/h1-9,17H,10-13H2,(H,23,25)/t17-/m0/s1. The molecule has 144 valence electrons. The van der Waals surface area contributed by atoms with Crippen LogP contribution in [0.2, 0.25) is 0 Å². The summed E-state index contributed by atoms with van der Waals surface area (Å²) in [5, 5.41) is 2.77. The van der Waals surface area contributed by atoms with Crippen LogP contribution in [0.25, 0.3) is 0 Å². The van der Waals surface area contributed by atoms with E-state index in [1.54, 1.807) is 0 Å². The number of morpholine rings is 1. The van der Waals surface area contributed by atoms with Crippen molar-refractivity contribution in [3.05, 3.63) is 60.2 Å². The number of alkyl halides is 3. The molecule has 1 atom stereocenters. The molecule has 1 N–H and O–H groups in total. The van der Waals surface area contributed by atoms with Gasteiger partial charge < -0.3 is 14.8 Å². The Bertz CT molecular complexity index is 745. The van der Waals surface area contributed by atoms with Crippen LogP contribution < -0.4 is 10.1 Å². The average Bonchev–Trinajstić information content (AvgIpc) is 2.64. The summed E-state index contributed by atoms with van der Waals surface area (Å²) in [6.45, 7) is 2.32. The van der Waals surface area contributed by atoms with E-state index >= 15 is 0 Å². The van der Waals surface area contributed by atoms with E-state index < -0.39 is 12.4 Å². The molecule has 1 saturated heterocycles. The first-order chi connectivity index (χ1) is 12.9. The van der Waals surface area contributed by atoms with Gasteiger partial charge in [-0.15, -0.1) is 13.2 Å². The SMILES string of the molecule is O=C(Nc1ccc(OC(F)(F)F)cc1)[C@H](c1ccccc1)N1CCOCC1. The van der Waals surface area contributed by atoms with Gasteiger partial charge >= 0.3 is 6.36 Å². The zero-order valence-electron chi connectivity index (χ0n) is 14.4. The summed E-state index contributed by atoms with van der Waals surface area (Å²) in [6.07, 6.45) is -4.75. The Morgan fingerprint density at radius 1 is 1.04 bits per heavy atom. The van der Waals surface area contributed by atoms with Crippen LogP contribution in [0.4, 0.5) is 18.9 Å². The number of carbonyl (C=O) groups excluding carboxylic acids is 1. The van der Waals surface area contributed by atoms with E-state index in [0.717, 1.165) is 17.7 Å². The van der Waals surface area contributed by atoms with Crippen LogP contribution >= 0.6 is 0 Å². The molecule has 0 unspecified atom stereocenters. The van der Waals surface area contributed by atoms with Crippen LogP contribution in [0.1, 0.15) is 11.6 Å². The van der Waals surface area contributed by atoms with E-state index in [0.29, 0.717) is 32.0 Å². The fourth-order valence-corrected chi connectivity index (χ4v) is 2.95. The maximum absolute atomic E-state index is 12.9. The molecule has 1 heterocycles. The number of nitrogens with zero attached hydrogens (tertiary/aromatic N) is 1. The molecule has 2 aromatic rings. The highest BCUT2D eigenvalue weighted by atomic mass is 19.4. The second-order valence-electron chi connectivity index (χ2n) is 6.02. The Labute approximate surface area is 154 Å². The zero-order valence-corrected chi connectivity index (χ0v) is 14.4. The van der Waals surface area contributed by atoms with E-state index in [1.165, 1.54) is 12.1 Å². The molecular weight excluding hydrogens is 361 g/mol. The summed E-state index contributed by atoms with van der Waals surface area (Å²) < 4.78 is 45.9. The molecule has 0 aliphatic carbocycles. The number of ether oxygens (including phenoxy) is 2. The molecule has 27 heavy (non-hydrogen) atoms. The van der Waals surface area contributed by atoms with E-state index in [-0.39, 0.29) is 11.7 Å². The highest BCUT2D eigenvalue weighted by molar-refractivity contribution is 5.95. The molecule has 1 aliphatic rings. The van der Waals surface area contributed by atoms with Crippen LogP contribution in [0.5, 0.6) is 5.75 Å². The number of rotatable bonds is 5. The van der Waals surface area contributed by atoms with Crippen LogP contribution in [0.3, 0.4) is 0 Å². The molecule has 1 fully saturated rings. The summed E-state index contributed by atoms with van der Waals surface area (Å²) in [7, 11) is 0. The number of halogens is 3. The van der Waals surface area contributed by atoms with Crippen molar-refractivity contribution in [1.82, 2.24) is 4.90 Å². The Kier molecular flexibility index (Phi) is 5.98. The third-order valence-corrected chi connectivity index (χ3v) is 4.13. The zero-order chi connectivity index (χ0) is 19.3. The number of anilines is 1. The van der Waals surface area contributed by atoms with E-state index in [2.05, 4.69) is 10.1 Å². The van der Waals surface area contributed by atoms with Gasteiger partial charge in [-0.3, -0.25) is 9.69 Å². The number of amides is 1.